The van der Waals surface area contributed by atoms with Crippen LogP contribution in [0.1, 0.15) is 11.7 Å². The van der Waals surface area contributed by atoms with Crippen molar-refractivity contribution in [2.75, 3.05) is 6.54 Å². The molecule has 13 heavy (non-hydrogen) atoms. The van der Waals surface area contributed by atoms with Crippen molar-refractivity contribution in [2.45, 2.75) is 6.10 Å². The van der Waals surface area contributed by atoms with Crippen LogP contribution < -0.4 is 0 Å². The highest BCUT2D eigenvalue weighted by molar-refractivity contribution is 9.10. The molecular formula is C8H8BrNO3. The molecule has 1 rings (SSSR count). The molecule has 0 aromatic heterocycles. The molecule has 70 valence electrons. The molecule has 0 bridgehead atoms. The first kappa shape index (κ1) is 10.1. The van der Waals surface area contributed by atoms with Gasteiger partial charge >= 0.3 is 0 Å². The average Bonchev–Trinajstić information content (AvgIpc) is 2.03. The summed E-state index contributed by atoms with van der Waals surface area (Å²) in [5.41, 5.74) is 0.541. The maximum atomic E-state index is 10.1. The monoisotopic (exact) mass is 245 g/mol. The maximum absolute atomic E-state index is 10.1. The molecule has 0 saturated heterocycles. The second-order valence-electron chi connectivity index (χ2n) is 2.55. The number of aliphatic hydroxyl groups is 1. The Bertz CT molecular complexity index is 316. The first-order valence-corrected chi connectivity index (χ1v) is 4.45. The molecule has 0 unspecified atom stereocenters. The van der Waals surface area contributed by atoms with Gasteiger partial charge in [-0.25, -0.2) is 0 Å². The Balaban J connectivity index is 2.82. The molecule has 0 heterocycles. The lowest BCUT2D eigenvalue weighted by molar-refractivity contribution is -0.491. The van der Waals surface area contributed by atoms with Gasteiger partial charge in [0, 0.05) is 15.0 Å². The maximum Gasteiger partial charge on any atom is 0.233 e. The van der Waals surface area contributed by atoms with Crippen molar-refractivity contribution in [3.05, 3.63) is 44.4 Å². The van der Waals surface area contributed by atoms with E-state index in [0.717, 1.165) is 0 Å². The molecule has 4 nitrogen and oxygen atoms in total. The molecule has 1 atom stereocenters. The average molecular weight is 246 g/mol. The normalized spacial score (nSPS) is 12.5. The van der Waals surface area contributed by atoms with E-state index in [1.807, 2.05) is 0 Å². The topological polar surface area (TPSA) is 63.4 Å². The third-order valence-electron chi connectivity index (χ3n) is 1.59. The van der Waals surface area contributed by atoms with Crippen LogP contribution in [0.2, 0.25) is 0 Å². The van der Waals surface area contributed by atoms with E-state index in [0.29, 0.717) is 10.0 Å². The van der Waals surface area contributed by atoms with E-state index in [4.69, 9.17) is 0 Å². The number of hydrogen-bond acceptors (Lipinski definition) is 3. The summed E-state index contributed by atoms with van der Waals surface area (Å²) < 4.78 is 0.685. The van der Waals surface area contributed by atoms with Gasteiger partial charge in [0.15, 0.2) is 0 Å². The lowest BCUT2D eigenvalue weighted by Gasteiger charge is -2.07. The fraction of sp³-hybridized carbons (Fsp3) is 0.250. The van der Waals surface area contributed by atoms with E-state index in [1.54, 1.807) is 24.3 Å². The molecule has 1 aromatic carbocycles. The number of nitro groups is 1. The van der Waals surface area contributed by atoms with Crippen molar-refractivity contribution in [3.63, 3.8) is 0 Å². The van der Waals surface area contributed by atoms with Gasteiger partial charge in [0.1, 0.15) is 6.10 Å². The minimum absolute atomic E-state index is 0.470. The van der Waals surface area contributed by atoms with Crippen molar-refractivity contribution < 1.29 is 10.0 Å². The first-order valence-electron chi connectivity index (χ1n) is 3.65. The van der Waals surface area contributed by atoms with Gasteiger partial charge in [-0.15, -0.1) is 0 Å². The minimum Gasteiger partial charge on any atom is -0.381 e. The second kappa shape index (κ2) is 4.34. The number of rotatable bonds is 3. The molecular weight excluding hydrogens is 238 g/mol. The van der Waals surface area contributed by atoms with Gasteiger partial charge in [-0.1, -0.05) is 34.1 Å². The van der Waals surface area contributed by atoms with Crippen LogP contribution in [0, 0.1) is 10.1 Å². The van der Waals surface area contributed by atoms with Crippen LogP contribution >= 0.6 is 15.9 Å². The van der Waals surface area contributed by atoms with E-state index in [9.17, 15) is 15.2 Å². The third-order valence-corrected chi connectivity index (χ3v) is 2.31. The Morgan fingerprint density at radius 1 is 1.54 bits per heavy atom. The molecule has 1 N–H and O–H groups in total. The number of benzene rings is 1. The summed E-state index contributed by atoms with van der Waals surface area (Å²) in [4.78, 5) is 9.59. The van der Waals surface area contributed by atoms with Crippen LogP contribution in [0.25, 0.3) is 0 Å². The SMILES string of the molecule is O=[N+]([O-])C[C@@H](O)c1ccccc1Br. The van der Waals surface area contributed by atoms with Gasteiger partial charge in [0.2, 0.25) is 6.54 Å². The molecule has 0 saturated carbocycles. The van der Waals surface area contributed by atoms with Crippen LogP contribution in [0.15, 0.2) is 28.7 Å². The Morgan fingerprint density at radius 3 is 2.69 bits per heavy atom. The molecule has 0 fully saturated rings. The van der Waals surface area contributed by atoms with Gasteiger partial charge < -0.3 is 5.11 Å². The molecule has 5 heteroatoms. The third kappa shape index (κ3) is 2.78. The van der Waals surface area contributed by atoms with Crippen LogP contribution in [-0.4, -0.2) is 16.6 Å². The van der Waals surface area contributed by atoms with Gasteiger partial charge in [0.25, 0.3) is 0 Å². The number of nitrogens with zero attached hydrogens (tertiary/aromatic N) is 1. The molecule has 0 aliphatic heterocycles. The fourth-order valence-corrected chi connectivity index (χ4v) is 1.53. The van der Waals surface area contributed by atoms with Gasteiger partial charge in [-0.3, -0.25) is 10.1 Å². The van der Waals surface area contributed by atoms with E-state index in [1.165, 1.54) is 0 Å². The first-order chi connectivity index (χ1) is 6.11. The standard InChI is InChI=1S/C8H8BrNO3/c9-7-4-2-1-3-6(7)8(11)5-10(12)13/h1-4,8,11H,5H2/t8-/m1/s1. The highest BCUT2D eigenvalue weighted by Crippen LogP contribution is 2.22. The summed E-state index contributed by atoms with van der Waals surface area (Å²) >= 11 is 3.20. The van der Waals surface area contributed by atoms with Crippen molar-refractivity contribution in [2.24, 2.45) is 0 Å². The zero-order valence-electron chi connectivity index (χ0n) is 6.68. The highest BCUT2D eigenvalue weighted by Gasteiger charge is 2.15. The zero-order chi connectivity index (χ0) is 9.84. The highest BCUT2D eigenvalue weighted by atomic mass is 79.9. The predicted molar refractivity (Wildman–Crippen MR) is 51.0 cm³/mol. The Morgan fingerprint density at radius 2 is 2.15 bits per heavy atom. The fourth-order valence-electron chi connectivity index (χ4n) is 0.985. The molecule has 0 aliphatic rings. The summed E-state index contributed by atoms with van der Waals surface area (Å²) in [7, 11) is 0. The van der Waals surface area contributed by atoms with Gasteiger partial charge in [-0.2, -0.15) is 0 Å². The van der Waals surface area contributed by atoms with Gasteiger partial charge in [0.05, 0.1) is 0 Å². The lowest BCUT2D eigenvalue weighted by Crippen LogP contribution is -2.12. The van der Waals surface area contributed by atoms with Gasteiger partial charge in [-0.05, 0) is 6.07 Å². The smallest absolute Gasteiger partial charge is 0.233 e. The molecule has 1 aromatic rings. The van der Waals surface area contributed by atoms with Crippen LogP contribution in [0.5, 0.6) is 0 Å². The zero-order valence-corrected chi connectivity index (χ0v) is 8.27. The summed E-state index contributed by atoms with van der Waals surface area (Å²) in [6.07, 6.45) is -1.05. The number of hydrogen-bond donors (Lipinski definition) is 1. The van der Waals surface area contributed by atoms with Crippen LogP contribution in [0.4, 0.5) is 0 Å². The molecule has 0 radical (unpaired) electrons. The lowest BCUT2D eigenvalue weighted by atomic mass is 10.1. The van der Waals surface area contributed by atoms with E-state index < -0.39 is 17.6 Å². The summed E-state index contributed by atoms with van der Waals surface area (Å²) in [6, 6.07) is 6.90. The summed E-state index contributed by atoms with van der Waals surface area (Å²) in [5.74, 6) is 0. The van der Waals surface area contributed by atoms with Crippen LogP contribution in [-0.2, 0) is 0 Å². The van der Waals surface area contributed by atoms with E-state index >= 15 is 0 Å². The predicted octanol–water partition coefficient (Wildman–Crippen LogP) is 1.76. The molecule has 0 amide bonds. The quantitative estimate of drug-likeness (QED) is 0.652. The minimum atomic E-state index is -1.05. The van der Waals surface area contributed by atoms with E-state index in [2.05, 4.69) is 15.9 Å². The largest absolute Gasteiger partial charge is 0.381 e. The summed E-state index contributed by atoms with van der Waals surface area (Å²) in [6.45, 7) is -0.470. The number of aliphatic hydroxyl groups excluding tert-OH is 1. The molecule has 0 spiro atoms. The van der Waals surface area contributed by atoms with Crippen molar-refractivity contribution >= 4 is 15.9 Å². The van der Waals surface area contributed by atoms with E-state index in [-0.39, 0.29) is 0 Å². The molecule has 0 aliphatic carbocycles. The number of halogens is 1. The van der Waals surface area contributed by atoms with Crippen molar-refractivity contribution in [1.29, 1.82) is 0 Å². The van der Waals surface area contributed by atoms with Crippen molar-refractivity contribution in [3.8, 4) is 0 Å². The Hall–Kier alpha value is -0.940. The Kier molecular flexibility index (Phi) is 3.39. The van der Waals surface area contributed by atoms with Crippen molar-refractivity contribution in [1.82, 2.24) is 0 Å². The Labute approximate surface area is 83.5 Å². The summed E-state index contributed by atoms with van der Waals surface area (Å²) in [5, 5.41) is 19.5. The van der Waals surface area contributed by atoms with Crippen LogP contribution in [0.3, 0.4) is 0 Å². The second-order valence-corrected chi connectivity index (χ2v) is 3.41.